The second kappa shape index (κ2) is 7.62. The molecule has 0 heterocycles. The number of ether oxygens (including phenoxy) is 1. The van der Waals surface area contributed by atoms with E-state index in [1.165, 1.54) is 0 Å². The highest BCUT2D eigenvalue weighted by atomic mass is 35.5. The van der Waals surface area contributed by atoms with Crippen LogP contribution in [0.4, 0.5) is 5.69 Å². The fourth-order valence-electron chi connectivity index (χ4n) is 1.48. The monoisotopic (exact) mass is 311 g/mol. The fourth-order valence-corrected chi connectivity index (χ4v) is 1.60. The summed E-state index contributed by atoms with van der Waals surface area (Å²) in [6.45, 7) is 0. The van der Waals surface area contributed by atoms with Crippen LogP contribution in [0.25, 0.3) is 0 Å². The summed E-state index contributed by atoms with van der Waals surface area (Å²) < 4.78 is 5.05. The molecule has 0 atom stereocenters. The Morgan fingerprint density at radius 2 is 1.65 bits per heavy atom. The van der Waals surface area contributed by atoms with Crippen LogP contribution in [0.2, 0.25) is 5.02 Å². The predicted molar refractivity (Wildman–Crippen MR) is 75.5 cm³/mol. The minimum Gasteiger partial charge on any atom is -1.00 e. The first kappa shape index (κ1) is 16.1. The summed E-state index contributed by atoms with van der Waals surface area (Å²) >= 11 is 5.76. The van der Waals surface area contributed by atoms with Gasteiger partial charge in [0.1, 0.15) is 5.75 Å². The van der Waals surface area contributed by atoms with E-state index >= 15 is 0 Å². The van der Waals surface area contributed by atoms with Crippen LogP contribution in [0.15, 0.2) is 48.5 Å². The van der Waals surface area contributed by atoms with E-state index in [1.807, 2.05) is 0 Å². The van der Waals surface area contributed by atoms with Crippen molar-refractivity contribution >= 4 is 23.2 Å². The van der Waals surface area contributed by atoms with E-state index in [-0.39, 0.29) is 18.3 Å². The van der Waals surface area contributed by atoms with Gasteiger partial charge in [-0.1, -0.05) is 11.6 Å². The quantitative estimate of drug-likeness (QED) is 0.788. The Bertz CT molecular complexity index is 556. The first-order valence-electron chi connectivity index (χ1n) is 5.65. The number of benzene rings is 2. The van der Waals surface area contributed by atoms with Crippen LogP contribution >= 0.6 is 11.6 Å². The van der Waals surface area contributed by atoms with Crippen molar-refractivity contribution in [3.8, 4) is 5.75 Å². The summed E-state index contributed by atoms with van der Waals surface area (Å²) in [6, 6.07) is 13.9. The Balaban J connectivity index is 0.00000200. The SMILES string of the molecule is COc1ccc(NNC(=O)c2ccc(Cl)cc2)cc1.[Cl-]. The molecule has 0 saturated heterocycles. The zero-order valence-corrected chi connectivity index (χ0v) is 12.2. The highest BCUT2D eigenvalue weighted by Gasteiger charge is 2.04. The smallest absolute Gasteiger partial charge is 0.269 e. The Kier molecular flexibility index (Phi) is 6.15. The molecular formula is C14H13Cl2N2O2-. The molecule has 0 aliphatic rings. The van der Waals surface area contributed by atoms with Crippen LogP contribution in [0.5, 0.6) is 5.75 Å². The molecule has 0 unspecified atom stereocenters. The number of amides is 1. The van der Waals surface area contributed by atoms with Crippen LogP contribution in [0.1, 0.15) is 10.4 Å². The predicted octanol–water partition coefficient (Wildman–Crippen LogP) is 0.109. The van der Waals surface area contributed by atoms with E-state index in [9.17, 15) is 4.79 Å². The molecule has 2 rings (SSSR count). The van der Waals surface area contributed by atoms with Crippen molar-refractivity contribution in [1.29, 1.82) is 0 Å². The molecule has 0 saturated carbocycles. The van der Waals surface area contributed by atoms with Crippen LogP contribution < -0.4 is 28.0 Å². The van der Waals surface area contributed by atoms with Gasteiger partial charge in [-0.2, -0.15) is 0 Å². The molecule has 2 aromatic rings. The molecule has 0 radical (unpaired) electrons. The first-order chi connectivity index (χ1) is 9.19. The number of hydrazine groups is 1. The number of methoxy groups -OCH3 is 1. The van der Waals surface area contributed by atoms with Gasteiger partial charge in [0.15, 0.2) is 0 Å². The minimum absolute atomic E-state index is 0. The molecule has 0 aliphatic heterocycles. The number of rotatable bonds is 4. The maximum atomic E-state index is 11.8. The highest BCUT2D eigenvalue weighted by Crippen LogP contribution is 2.14. The van der Waals surface area contributed by atoms with E-state index in [4.69, 9.17) is 16.3 Å². The van der Waals surface area contributed by atoms with Gasteiger partial charge in [-0.05, 0) is 48.5 Å². The van der Waals surface area contributed by atoms with E-state index < -0.39 is 0 Å². The summed E-state index contributed by atoms with van der Waals surface area (Å²) in [6.07, 6.45) is 0. The maximum Gasteiger partial charge on any atom is 0.269 e. The Hall–Kier alpha value is -1.91. The second-order valence-electron chi connectivity index (χ2n) is 3.81. The van der Waals surface area contributed by atoms with Crippen molar-refractivity contribution in [2.45, 2.75) is 0 Å². The molecule has 1 amide bonds. The fraction of sp³-hybridized carbons (Fsp3) is 0.0714. The maximum absolute atomic E-state index is 11.8. The number of hydrogen-bond donors (Lipinski definition) is 2. The van der Waals surface area contributed by atoms with Gasteiger partial charge >= 0.3 is 0 Å². The third-order valence-corrected chi connectivity index (χ3v) is 2.77. The third kappa shape index (κ3) is 4.33. The lowest BCUT2D eigenvalue weighted by Crippen LogP contribution is -3.00. The molecule has 4 nitrogen and oxygen atoms in total. The zero-order chi connectivity index (χ0) is 13.7. The van der Waals surface area contributed by atoms with E-state index in [0.717, 1.165) is 11.4 Å². The molecule has 0 fully saturated rings. The van der Waals surface area contributed by atoms with Crippen molar-refractivity contribution in [2.75, 3.05) is 12.5 Å². The Morgan fingerprint density at radius 1 is 1.05 bits per heavy atom. The average Bonchev–Trinajstić information content (AvgIpc) is 2.46. The van der Waals surface area contributed by atoms with Gasteiger partial charge in [0.25, 0.3) is 5.91 Å². The number of anilines is 1. The zero-order valence-electron chi connectivity index (χ0n) is 10.7. The Labute approximate surface area is 128 Å². The molecule has 2 aromatic carbocycles. The topological polar surface area (TPSA) is 50.4 Å². The molecule has 0 spiro atoms. The molecule has 2 N–H and O–H groups in total. The van der Waals surface area contributed by atoms with Crippen LogP contribution in [-0.2, 0) is 0 Å². The lowest BCUT2D eigenvalue weighted by Gasteiger charge is -2.09. The summed E-state index contributed by atoms with van der Waals surface area (Å²) in [4.78, 5) is 11.8. The van der Waals surface area contributed by atoms with Crippen molar-refractivity contribution in [3.63, 3.8) is 0 Å². The number of carbonyl (C=O) groups excluding carboxylic acids is 1. The highest BCUT2D eigenvalue weighted by molar-refractivity contribution is 6.30. The molecule has 106 valence electrons. The van der Waals surface area contributed by atoms with Gasteiger partial charge in [0.05, 0.1) is 12.8 Å². The summed E-state index contributed by atoms with van der Waals surface area (Å²) in [5, 5.41) is 0.597. The lowest BCUT2D eigenvalue weighted by molar-refractivity contribution is -0.0000123. The van der Waals surface area contributed by atoms with Crippen LogP contribution in [0, 0.1) is 0 Å². The van der Waals surface area contributed by atoms with Crippen LogP contribution in [0.3, 0.4) is 0 Å². The minimum atomic E-state index is -0.229. The standard InChI is InChI=1S/C14H13ClN2O2.ClH/c1-19-13-8-6-12(7-9-13)16-17-14(18)10-2-4-11(15)5-3-10;/h2-9,16H,1H3,(H,17,18);1H/p-1. The van der Waals surface area contributed by atoms with Gasteiger partial charge in [-0.25, -0.2) is 0 Å². The molecular weight excluding hydrogens is 299 g/mol. The van der Waals surface area contributed by atoms with Gasteiger partial charge in [0, 0.05) is 10.6 Å². The van der Waals surface area contributed by atoms with E-state index in [0.29, 0.717) is 10.6 Å². The number of nitrogens with one attached hydrogen (secondary N) is 2. The van der Waals surface area contributed by atoms with Crippen LogP contribution in [-0.4, -0.2) is 13.0 Å². The largest absolute Gasteiger partial charge is 1.00 e. The third-order valence-electron chi connectivity index (χ3n) is 2.52. The van der Waals surface area contributed by atoms with Gasteiger partial charge < -0.3 is 17.1 Å². The molecule has 0 aromatic heterocycles. The summed E-state index contributed by atoms with van der Waals surface area (Å²) in [7, 11) is 1.60. The number of carbonyl (C=O) groups is 1. The van der Waals surface area contributed by atoms with Crippen molar-refractivity contribution in [2.24, 2.45) is 0 Å². The van der Waals surface area contributed by atoms with Crippen molar-refractivity contribution in [1.82, 2.24) is 5.43 Å². The normalized spacial score (nSPS) is 9.30. The average molecular weight is 312 g/mol. The van der Waals surface area contributed by atoms with Gasteiger partial charge in [-0.3, -0.25) is 15.6 Å². The summed E-state index contributed by atoms with van der Waals surface area (Å²) in [5.74, 6) is 0.530. The van der Waals surface area contributed by atoms with Gasteiger partial charge in [0.2, 0.25) is 0 Å². The molecule has 6 heteroatoms. The Morgan fingerprint density at radius 3 is 2.20 bits per heavy atom. The first-order valence-corrected chi connectivity index (χ1v) is 6.03. The second-order valence-corrected chi connectivity index (χ2v) is 4.25. The molecule has 20 heavy (non-hydrogen) atoms. The lowest BCUT2D eigenvalue weighted by atomic mass is 10.2. The molecule has 0 bridgehead atoms. The van der Waals surface area contributed by atoms with Crippen molar-refractivity contribution in [3.05, 3.63) is 59.1 Å². The van der Waals surface area contributed by atoms with E-state index in [1.54, 1.807) is 55.6 Å². The molecule has 0 aliphatic carbocycles. The van der Waals surface area contributed by atoms with Crippen molar-refractivity contribution < 1.29 is 21.9 Å². The number of hydrogen-bond acceptors (Lipinski definition) is 3. The van der Waals surface area contributed by atoms with E-state index in [2.05, 4.69) is 10.9 Å². The summed E-state index contributed by atoms with van der Waals surface area (Å²) in [5.41, 5.74) is 6.72. The number of halogens is 2. The van der Waals surface area contributed by atoms with Gasteiger partial charge in [-0.15, -0.1) is 0 Å².